The van der Waals surface area contributed by atoms with E-state index >= 15 is 0 Å². The summed E-state index contributed by atoms with van der Waals surface area (Å²) < 4.78 is 0. The molecule has 2 nitrogen and oxygen atoms in total. The van der Waals surface area contributed by atoms with Crippen molar-refractivity contribution in [2.75, 3.05) is 31.6 Å². The van der Waals surface area contributed by atoms with Gasteiger partial charge in [-0.15, -0.1) is 0 Å². The van der Waals surface area contributed by atoms with Gasteiger partial charge >= 0.3 is 0 Å². The highest BCUT2D eigenvalue weighted by molar-refractivity contribution is 7.08. The fourth-order valence-electron chi connectivity index (χ4n) is 1.15. The van der Waals surface area contributed by atoms with Crippen LogP contribution >= 0.6 is 11.3 Å². The third-order valence-electron chi connectivity index (χ3n) is 1.88. The van der Waals surface area contributed by atoms with Crippen molar-refractivity contribution in [1.29, 1.82) is 0 Å². The lowest BCUT2D eigenvalue weighted by molar-refractivity contribution is 0.738. The Morgan fingerprint density at radius 3 is 2.92 bits per heavy atom. The van der Waals surface area contributed by atoms with E-state index in [1.807, 2.05) is 7.05 Å². The molecule has 0 bridgehead atoms. The van der Waals surface area contributed by atoms with E-state index in [0.717, 1.165) is 19.6 Å². The van der Waals surface area contributed by atoms with Crippen molar-refractivity contribution in [3.63, 3.8) is 0 Å². The molecule has 0 spiro atoms. The van der Waals surface area contributed by atoms with Gasteiger partial charge in [0.25, 0.3) is 0 Å². The van der Waals surface area contributed by atoms with Gasteiger partial charge in [-0.25, -0.2) is 0 Å². The number of hydrogen-bond acceptors (Lipinski definition) is 3. The van der Waals surface area contributed by atoms with E-state index < -0.39 is 0 Å². The highest BCUT2D eigenvalue weighted by atomic mass is 32.1. The van der Waals surface area contributed by atoms with Crippen LogP contribution in [0.4, 0.5) is 5.69 Å². The fraction of sp³-hybridized carbons (Fsp3) is 0.556. The molecule has 0 saturated carbocycles. The summed E-state index contributed by atoms with van der Waals surface area (Å²) in [4.78, 5) is 2.37. The molecular formula is C9H16N2S. The standard InChI is InChI=1S/C9H16N2S/c1-3-11(6-5-10-2)9-4-7-12-8-9/h4,7-8,10H,3,5-6H2,1-2H3. The van der Waals surface area contributed by atoms with Crippen LogP contribution in [0, 0.1) is 0 Å². The molecule has 1 aromatic heterocycles. The van der Waals surface area contributed by atoms with E-state index in [9.17, 15) is 0 Å². The second-order valence-electron chi connectivity index (χ2n) is 2.66. The Bertz CT molecular complexity index is 196. The van der Waals surface area contributed by atoms with E-state index in [1.54, 1.807) is 11.3 Å². The van der Waals surface area contributed by atoms with Crippen molar-refractivity contribution < 1.29 is 0 Å². The lowest BCUT2D eigenvalue weighted by Crippen LogP contribution is -2.30. The van der Waals surface area contributed by atoms with Gasteiger partial charge in [-0.1, -0.05) is 0 Å². The molecule has 0 radical (unpaired) electrons. The second kappa shape index (κ2) is 5.17. The number of anilines is 1. The van der Waals surface area contributed by atoms with Crippen LogP contribution in [0.2, 0.25) is 0 Å². The van der Waals surface area contributed by atoms with Crippen LogP contribution in [0.1, 0.15) is 6.92 Å². The predicted octanol–water partition coefficient (Wildman–Crippen LogP) is 1.79. The molecule has 0 aliphatic rings. The van der Waals surface area contributed by atoms with Crippen LogP contribution in [-0.2, 0) is 0 Å². The molecule has 1 N–H and O–H groups in total. The van der Waals surface area contributed by atoms with Crippen molar-refractivity contribution in [2.24, 2.45) is 0 Å². The molecule has 0 atom stereocenters. The molecule has 0 amide bonds. The minimum atomic E-state index is 1.05. The van der Waals surface area contributed by atoms with E-state index in [1.165, 1.54) is 5.69 Å². The molecule has 0 fully saturated rings. The van der Waals surface area contributed by atoms with E-state index in [-0.39, 0.29) is 0 Å². The maximum Gasteiger partial charge on any atom is 0.0475 e. The lowest BCUT2D eigenvalue weighted by Gasteiger charge is -2.21. The Kier molecular flexibility index (Phi) is 4.11. The van der Waals surface area contributed by atoms with Gasteiger partial charge in [0, 0.05) is 30.7 Å². The van der Waals surface area contributed by atoms with Crippen molar-refractivity contribution in [3.8, 4) is 0 Å². The van der Waals surface area contributed by atoms with Gasteiger partial charge in [0.15, 0.2) is 0 Å². The molecule has 3 heteroatoms. The number of rotatable bonds is 5. The van der Waals surface area contributed by atoms with E-state index in [0.29, 0.717) is 0 Å². The molecule has 0 aliphatic heterocycles. The van der Waals surface area contributed by atoms with Crippen molar-refractivity contribution in [2.45, 2.75) is 6.92 Å². The Balaban J connectivity index is 2.45. The van der Waals surface area contributed by atoms with Crippen LogP contribution in [0.5, 0.6) is 0 Å². The van der Waals surface area contributed by atoms with E-state index in [2.05, 4.69) is 34.0 Å². The first kappa shape index (κ1) is 9.55. The fourth-order valence-corrected chi connectivity index (χ4v) is 1.82. The van der Waals surface area contributed by atoms with Gasteiger partial charge in [-0.05, 0) is 25.4 Å². The average Bonchev–Trinajstić information content (AvgIpc) is 2.59. The van der Waals surface area contributed by atoms with Crippen molar-refractivity contribution in [3.05, 3.63) is 16.8 Å². The molecule has 1 rings (SSSR count). The monoisotopic (exact) mass is 184 g/mol. The molecule has 12 heavy (non-hydrogen) atoms. The van der Waals surface area contributed by atoms with E-state index in [4.69, 9.17) is 0 Å². The summed E-state index contributed by atoms with van der Waals surface area (Å²) in [5, 5.41) is 7.47. The lowest BCUT2D eigenvalue weighted by atomic mass is 10.4. The molecular weight excluding hydrogens is 168 g/mol. The summed E-state index contributed by atoms with van der Waals surface area (Å²) in [7, 11) is 1.99. The molecule has 1 aromatic rings. The Hall–Kier alpha value is -0.540. The second-order valence-corrected chi connectivity index (χ2v) is 3.44. The first-order chi connectivity index (χ1) is 5.88. The van der Waals surface area contributed by atoms with Gasteiger partial charge in [0.2, 0.25) is 0 Å². The van der Waals surface area contributed by atoms with Gasteiger partial charge in [0.05, 0.1) is 0 Å². The highest BCUT2D eigenvalue weighted by Gasteiger charge is 2.01. The number of hydrogen-bond donors (Lipinski definition) is 1. The van der Waals surface area contributed by atoms with Gasteiger partial charge < -0.3 is 10.2 Å². The smallest absolute Gasteiger partial charge is 0.0475 e. The third-order valence-corrected chi connectivity index (χ3v) is 2.56. The van der Waals surface area contributed by atoms with Crippen LogP contribution in [0.3, 0.4) is 0 Å². The zero-order valence-electron chi connectivity index (χ0n) is 7.71. The summed E-state index contributed by atoms with van der Waals surface area (Å²) in [5.41, 5.74) is 1.35. The number of nitrogens with one attached hydrogen (secondary N) is 1. The summed E-state index contributed by atoms with van der Waals surface area (Å²) in [6, 6.07) is 2.17. The third kappa shape index (κ3) is 2.50. The van der Waals surface area contributed by atoms with Crippen molar-refractivity contribution in [1.82, 2.24) is 5.32 Å². The quantitative estimate of drug-likeness (QED) is 0.750. The van der Waals surface area contributed by atoms with Gasteiger partial charge in [-0.2, -0.15) is 11.3 Å². The highest BCUT2D eigenvalue weighted by Crippen LogP contribution is 2.16. The molecule has 1 heterocycles. The minimum absolute atomic E-state index is 1.05. The predicted molar refractivity (Wildman–Crippen MR) is 56.1 cm³/mol. The van der Waals surface area contributed by atoms with Crippen LogP contribution in [0.25, 0.3) is 0 Å². The molecule has 0 aliphatic carbocycles. The molecule has 0 unspecified atom stereocenters. The molecule has 0 saturated heterocycles. The SMILES string of the molecule is CCN(CCNC)c1ccsc1. The summed E-state index contributed by atoms with van der Waals surface area (Å²) in [5.74, 6) is 0. The zero-order chi connectivity index (χ0) is 8.81. The Morgan fingerprint density at radius 2 is 2.42 bits per heavy atom. The Labute approximate surface area is 78.2 Å². The normalized spacial score (nSPS) is 10.2. The largest absolute Gasteiger partial charge is 0.370 e. The topological polar surface area (TPSA) is 15.3 Å². The average molecular weight is 184 g/mol. The Morgan fingerprint density at radius 1 is 1.58 bits per heavy atom. The maximum atomic E-state index is 3.16. The first-order valence-corrected chi connectivity index (χ1v) is 5.24. The van der Waals surface area contributed by atoms with Crippen molar-refractivity contribution >= 4 is 17.0 Å². The number of nitrogens with zero attached hydrogens (tertiary/aromatic N) is 1. The first-order valence-electron chi connectivity index (χ1n) is 4.30. The van der Waals surface area contributed by atoms with Crippen LogP contribution in [0.15, 0.2) is 16.8 Å². The molecule has 68 valence electrons. The van der Waals surface area contributed by atoms with Crippen LogP contribution in [-0.4, -0.2) is 26.7 Å². The summed E-state index contributed by atoms with van der Waals surface area (Å²) >= 11 is 1.75. The van der Waals surface area contributed by atoms with Gasteiger partial charge in [0.1, 0.15) is 0 Å². The zero-order valence-corrected chi connectivity index (χ0v) is 8.53. The minimum Gasteiger partial charge on any atom is -0.370 e. The number of likely N-dealkylation sites (N-methyl/N-ethyl adjacent to an activating group) is 2. The maximum absolute atomic E-state index is 3.16. The van der Waals surface area contributed by atoms with Gasteiger partial charge in [-0.3, -0.25) is 0 Å². The summed E-state index contributed by atoms with van der Waals surface area (Å²) in [6.07, 6.45) is 0. The molecule has 0 aromatic carbocycles. The van der Waals surface area contributed by atoms with Crippen LogP contribution < -0.4 is 10.2 Å². The number of thiophene rings is 1. The summed E-state index contributed by atoms with van der Waals surface area (Å²) in [6.45, 7) is 5.40.